The summed E-state index contributed by atoms with van der Waals surface area (Å²) in [6.07, 6.45) is 2.56. The summed E-state index contributed by atoms with van der Waals surface area (Å²) in [4.78, 5) is 23.4. The molecule has 1 fully saturated rings. The van der Waals surface area contributed by atoms with E-state index in [1.54, 1.807) is 18.2 Å². The van der Waals surface area contributed by atoms with Crippen molar-refractivity contribution in [2.75, 3.05) is 0 Å². The molecular weight excluding hydrogens is 325 g/mol. The molecule has 2 N–H and O–H groups in total. The lowest BCUT2D eigenvalue weighted by molar-refractivity contribution is -0.144. The van der Waals surface area contributed by atoms with E-state index in [2.05, 4.69) is 5.32 Å². The maximum atomic E-state index is 12.4. The Balaban J connectivity index is 2.00. The topological polar surface area (TPSA) is 66.4 Å². The summed E-state index contributed by atoms with van der Waals surface area (Å²) in [7, 11) is 0. The summed E-state index contributed by atoms with van der Waals surface area (Å²) in [6.45, 7) is 1.85. The van der Waals surface area contributed by atoms with Crippen LogP contribution in [0.3, 0.4) is 0 Å². The summed E-state index contributed by atoms with van der Waals surface area (Å²) < 4.78 is 0. The van der Waals surface area contributed by atoms with E-state index >= 15 is 0 Å². The number of aliphatic carboxylic acids is 1. The van der Waals surface area contributed by atoms with Crippen molar-refractivity contribution in [2.45, 2.75) is 38.6 Å². The van der Waals surface area contributed by atoms with Crippen LogP contribution in [0.25, 0.3) is 0 Å². The molecule has 6 heteroatoms. The molecule has 0 aliphatic heterocycles. The van der Waals surface area contributed by atoms with Gasteiger partial charge in [0.1, 0.15) is 0 Å². The molecule has 0 aromatic heterocycles. The minimum absolute atomic E-state index is 0.107. The summed E-state index contributed by atoms with van der Waals surface area (Å²) in [6, 6.07) is 4.91. The maximum absolute atomic E-state index is 12.4. The predicted molar refractivity (Wildman–Crippen MR) is 86.1 cm³/mol. The first-order valence-electron chi connectivity index (χ1n) is 7.36. The molecule has 0 bridgehead atoms. The fourth-order valence-corrected chi connectivity index (χ4v) is 3.49. The van der Waals surface area contributed by atoms with Gasteiger partial charge in [0.05, 0.1) is 12.0 Å². The molecule has 1 aromatic rings. The molecule has 1 aliphatic rings. The van der Waals surface area contributed by atoms with Crippen molar-refractivity contribution in [3.05, 3.63) is 33.8 Å². The second kappa shape index (κ2) is 7.34. The number of carboxylic acid groups (broad SMARTS) is 1. The molecule has 0 heterocycles. The predicted octanol–water partition coefficient (Wildman–Crippen LogP) is 4.06. The third kappa shape index (κ3) is 4.14. The van der Waals surface area contributed by atoms with Crippen LogP contribution in [0.4, 0.5) is 0 Å². The summed E-state index contributed by atoms with van der Waals surface area (Å²) in [5, 5.41) is 13.1. The number of hydrogen-bond donors (Lipinski definition) is 2. The van der Waals surface area contributed by atoms with Gasteiger partial charge in [-0.15, -0.1) is 0 Å². The molecule has 1 aliphatic carbocycles. The number of halogens is 2. The first kappa shape index (κ1) is 17.1. The Labute approximate surface area is 139 Å². The average molecular weight is 344 g/mol. The number of carboxylic acids is 1. The smallest absolute Gasteiger partial charge is 0.306 e. The molecule has 1 amide bonds. The van der Waals surface area contributed by atoms with Gasteiger partial charge in [-0.3, -0.25) is 9.59 Å². The highest BCUT2D eigenvalue weighted by Crippen LogP contribution is 2.31. The molecule has 120 valence electrons. The van der Waals surface area contributed by atoms with Gasteiger partial charge < -0.3 is 10.4 Å². The summed E-state index contributed by atoms with van der Waals surface area (Å²) in [5.74, 6) is -1.59. The second-order valence-electron chi connectivity index (χ2n) is 5.79. The van der Waals surface area contributed by atoms with Crippen molar-refractivity contribution in [3.63, 3.8) is 0 Å². The lowest BCUT2D eigenvalue weighted by Crippen LogP contribution is -2.36. The first-order valence-corrected chi connectivity index (χ1v) is 8.12. The van der Waals surface area contributed by atoms with Crippen molar-refractivity contribution in [2.24, 2.45) is 11.8 Å². The summed E-state index contributed by atoms with van der Waals surface area (Å²) in [5.41, 5.74) is 0.796. The van der Waals surface area contributed by atoms with Gasteiger partial charge in [-0.2, -0.15) is 0 Å². The molecule has 2 rings (SSSR count). The number of hydrogen-bond acceptors (Lipinski definition) is 2. The monoisotopic (exact) mass is 343 g/mol. The van der Waals surface area contributed by atoms with Gasteiger partial charge in [-0.1, -0.05) is 35.7 Å². The molecule has 0 radical (unpaired) electrons. The van der Waals surface area contributed by atoms with E-state index in [1.165, 1.54) is 0 Å². The number of amides is 1. The maximum Gasteiger partial charge on any atom is 0.306 e. The van der Waals surface area contributed by atoms with E-state index in [0.29, 0.717) is 22.9 Å². The van der Waals surface area contributed by atoms with E-state index in [0.717, 1.165) is 18.4 Å². The van der Waals surface area contributed by atoms with Gasteiger partial charge in [-0.25, -0.2) is 0 Å². The van der Waals surface area contributed by atoms with Gasteiger partial charge >= 0.3 is 5.97 Å². The normalized spacial score (nSPS) is 22.9. The van der Waals surface area contributed by atoms with Crippen molar-refractivity contribution in [1.29, 1.82) is 0 Å². The van der Waals surface area contributed by atoms with Crippen LogP contribution in [0.5, 0.6) is 0 Å². The van der Waals surface area contributed by atoms with Crippen LogP contribution in [0.2, 0.25) is 10.0 Å². The lowest BCUT2D eigenvalue weighted by Gasteiger charge is -2.27. The molecule has 2 unspecified atom stereocenters. The van der Waals surface area contributed by atoms with Crippen LogP contribution in [-0.4, -0.2) is 17.0 Å². The Morgan fingerprint density at radius 3 is 2.59 bits per heavy atom. The Morgan fingerprint density at radius 1 is 1.27 bits per heavy atom. The van der Waals surface area contributed by atoms with Crippen LogP contribution in [0.15, 0.2) is 18.2 Å². The van der Waals surface area contributed by atoms with Gasteiger partial charge in [0.25, 0.3) is 0 Å². The fourth-order valence-electron chi connectivity index (χ4n) is 2.91. The Hall–Kier alpha value is -1.26. The fraction of sp³-hybridized carbons (Fsp3) is 0.500. The minimum atomic E-state index is -0.814. The number of nitrogens with one attached hydrogen (secondary N) is 1. The molecule has 3 atom stereocenters. The van der Waals surface area contributed by atoms with Gasteiger partial charge in [0.2, 0.25) is 5.91 Å². The molecule has 0 spiro atoms. The molecular formula is C16H19Cl2NO3. The highest BCUT2D eigenvalue weighted by atomic mass is 35.5. The van der Waals surface area contributed by atoms with Crippen molar-refractivity contribution in [3.8, 4) is 0 Å². The van der Waals surface area contributed by atoms with E-state index < -0.39 is 11.9 Å². The average Bonchev–Trinajstić information content (AvgIpc) is 2.47. The molecule has 1 saturated carbocycles. The zero-order chi connectivity index (χ0) is 16.3. The molecule has 4 nitrogen and oxygen atoms in total. The van der Waals surface area contributed by atoms with Gasteiger partial charge in [0.15, 0.2) is 0 Å². The van der Waals surface area contributed by atoms with E-state index in [4.69, 9.17) is 28.3 Å². The quantitative estimate of drug-likeness (QED) is 0.866. The number of carbonyl (C=O) groups is 2. The SMILES string of the molecule is C[C@H](NC(=O)C1CCCC(C(=O)O)C1)c1ccc(Cl)cc1Cl. The molecule has 1 aromatic carbocycles. The van der Waals surface area contributed by atoms with Gasteiger partial charge in [-0.05, 0) is 43.9 Å². The largest absolute Gasteiger partial charge is 0.481 e. The van der Waals surface area contributed by atoms with Crippen LogP contribution in [0, 0.1) is 11.8 Å². The second-order valence-corrected chi connectivity index (χ2v) is 6.64. The third-order valence-corrected chi connectivity index (χ3v) is 4.74. The van der Waals surface area contributed by atoms with E-state index in [1.807, 2.05) is 6.92 Å². The zero-order valence-electron chi connectivity index (χ0n) is 12.3. The van der Waals surface area contributed by atoms with Gasteiger partial charge in [0, 0.05) is 16.0 Å². The third-order valence-electron chi connectivity index (χ3n) is 4.18. The van der Waals surface area contributed by atoms with Crippen molar-refractivity contribution < 1.29 is 14.7 Å². The van der Waals surface area contributed by atoms with E-state index in [9.17, 15) is 9.59 Å². The zero-order valence-corrected chi connectivity index (χ0v) is 13.8. The first-order chi connectivity index (χ1) is 10.4. The van der Waals surface area contributed by atoms with Crippen LogP contribution >= 0.6 is 23.2 Å². The highest BCUT2D eigenvalue weighted by molar-refractivity contribution is 6.35. The summed E-state index contributed by atoms with van der Waals surface area (Å²) >= 11 is 12.0. The van der Waals surface area contributed by atoms with Crippen LogP contribution in [0.1, 0.15) is 44.2 Å². The standard InChI is InChI=1S/C16H19Cl2NO3/c1-9(13-6-5-12(17)8-14(13)18)19-15(20)10-3-2-4-11(7-10)16(21)22/h5-6,8-11H,2-4,7H2,1H3,(H,19,20)(H,21,22)/t9-,10?,11?/m0/s1. The number of carbonyl (C=O) groups excluding carboxylic acids is 1. The molecule has 22 heavy (non-hydrogen) atoms. The van der Waals surface area contributed by atoms with Crippen molar-refractivity contribution in [1.82, 2.24) is 5.32 Å². The van der Waals surface area contributed by atoms with Crippen LogP contribution < -0.4 is 5.32 Å². The lowest BCUT2D eigenvalue weighted by atomic mass is 9.81. The number of benzene rings is 1. The van der Waals surface area contributed by atoms with E-state index in [-0.39, 0.29) is 17.9 Å². The Bertz CT molecular complexity index is 577. The van der Waals surface area contributed by atoms with Crippen LogP contribution in [-0.2, 0) is 9.59 Å². The highest BCUT2D eigenvalue weighted by Gasteiger charge is 2.31. The Kier molecular flexibility index (Phi) is 5.70. The number of rotatable bonds is 4. The minimum Gasteiger partial charge on any atom is -0.481 e. The Morgan fingerprint density at radius 2 is 1.95 bits per heavy atom. The molecule has 0 saturated heterocycles. The van der Waals surface area contributed by atoms with Crippen molar-refractivity contribution >= 4 is 35.1 Å².